The molecule has 1 saturated heterocycles. The Morgan fingerprint density at radius 2 is 2.09 bits per heavy atom. The molecule has 7 heteroatoms. The Morgan fingerprint density at radius 3 is 2.91 bits per heavy atom. The first-order valence-corrected chi connectivity index (χ1v) is 11.6. The molecule has 7 nitrogen and oxygen atoms in total. The first-order valence-electron chi connectivity index (χ1n) is 11.6. The van der Waals surface area contributed by atoms with Crippen LogP contribution in [0.2, 0.25) is 0 Å². The number of aromatic nitrogens is 2. The minimum Gasteiger partial charge on any atom is -0.491 e. The third kappa shape index (κ3) is 6.42. The number of benzene rings is 2. The molecule has 2 aromatic carbocycles. The number of hydrogen-bond acceptors (Lipinski definition) is 6. The zero-order valence-corrected chi connectivity index (χ0v) is 19.6. The van der Waals surface area contributed by atoms with Crippen LogP contribution in [0.25, 0.3) is 11.4 Å². The second-order valence-electron chi connectivity index (χ2n) is 8.99. The average Bonchev–Trinajstić information content (AvgIpc) is 3.26. The number of piperidine rings is 1. The van der Waals surface area contributed by atoms with Gasteiger partial charge in [-0.05, 0) is 63.9 Å². The first-order chi connectivity index (χ1) is 16.0. The molecule has 4 rings (SSSR count). The van der Waals surface area contributed by atoms with E-state index in [2.05, 4.69) is 20.4 Å². The van der Waals surface area contributed by atoms with Crippen molar-refractivity contribution in [2.45, 2.75) is 52.8 Å². The molecular weight excluding hydrogens is 416 g/mol. The zero-order chi connectivity index (χ0) is 23.2. The molecular formula is C26H32N4O3. The highest BCUT2D eigenvalue weighted by atomic mass is 16.5. The molecule has 1 aliphatic rings. The van der Waals surface area contributed by atoms with Gasteiger partial charge in [0.1, 0.15) is 5.75 Å². The number of nitrogens with one attached hydrogen (secondary N) is 1. The van der Waals surface area contributed by atoms with Gasteiger partial charge in [0.25, 0.3) is 0 Å². The molecule has 2 heterocycles. The van der Waals surface area contributed by atoms with Gasteiger partial charge in [0.05, 0.1) is 18.6 Å². The maximum absolute atomic E-state index is 12.8. The average molecular weight is 449 g/mol. The van der Waals surface area contributed by atoms with Crippen molar-refractivity contribution < 1.29 is 14.1 Å². The summed E-state index contributed by atoms with van der Waals surface area (Å²) in [6.07, 6.45) is 1.97. The lowest BCUT2D eigenvalue weighted by Crippen LogP contribution is -2.42. The fourth-order valence-corrected chi connectivity index (χ4v) is 4.16. The lowest BCUT2D eigenvalue weighted by atomic mass is 9.97. The van der Waals surface area contributed by atoms with Crippen LogP contribution in [0, 0.1) is 12.8 Å². The quantitative estimate of drug-likeness (QED) is 0.552. The van der Waals surface area contributed by atoms with Crippen molar-refractivity contribution in [1.82, 2.24) is 20.4 Å². The van der Waals surface area contributed by atoms with E-state index in [1.807, 2.05) is 69.3 Å². The van der Waals surface area contributed by atoms with Crippen molar-refractivity contribution in [1.29, 1.82) is 0 Å². The molecule has 1 atom stereocenters. The van der Waals surface area contributed by atoms with E-state index in [-0.39, 0.29) is 17.9 Å². The van der Waals surface area contributed by atoms with Crippen molar-refractivity contribution in [3.63, 3.8) is 0 Å². The highest BCUT2D eigenvalue weighted by Crippen LogP contribution is 2.21. The number of rotatable bonds is 8. The van der Waals surface area contributed by atoms with Gasteiger partial charge in [-0.1, -0.05) is 41.1 Å². The fourth-order valence-electron chi connectivity index (χ4n) is 4.16. The molecule has 1 aromatic heterocycles. The minimum absolute atomic E-state index is 0.0481. The van der Waals surface area contributed by atoms with E-state index in [0.717, 1.165) is 41.8 Å². The van der Waals surface area contributed by atoms with E-state index >= 15 is 0 Å². The molecule has 1 unspecified atom stereocenters. The van der Waals surface area contributed by atoms with Crippen molar-refractivity contribution >= 4 is 5.91 Å². The van der Waals surface area contributed by atoms with Crippen LogP contribution in [-0.4, -0.2) is 40.1 Å². The second-order valence-corrected chi connectivity index (χ2v) is 8.99. The highest BCUT2D eigenvalue weighted by Gasteiger charge is 2.27. The van der Waals surface area contributed by atoms with Crippen LogP contribution in [0.3, 0.4) is 0 Å². The van der Waals surface area contributed by atoms with E-state index in [4.69, 9.17) is 9.26 Å². The number of amides is 1. The summed E-state index contributed by atoms with van der Waals surface area (Å²) in [5, 5.41) is 7.22. The number of nitrogens with zero attached hydrogens (tertiary/aromatic N) is 3. The molecule has 33 heavy (non-hydrogen) atoms. The zero-order valence-electron chi connectivity index (χ0n) is 19.6. The van der Waals surface area contributed by atoms with E-state index in [9.17, 15) is 4.79 Å². The number of likely N-dealkylation sites (tertiary alicyclic amines) is 1. The lowest BCUT2D eigenvalue weighted by molar-refractivity contribution is -0.127. The van der Waals surface area contributed by atoms with Gasteiger partial charge in [-0.15, -0.1) is 0 Å². The SMILES string of the molecule is Cc1cccc(-c2noc(CN3CCCC(C(=O)NCc4cccc(OC(C)C)c4)C3)n2)c1. The topological polar surface area (TPSA) is 80.5 Å². The van der Waals surface area contributed by atoms with Crippen LogP contribution in [0.1, 0.15) is 43.7 Å². The molecule has 1 N–H and O–H groups in total. The van der Waals surface area contributed by atoms with Crippen molar-refractivity contribution in [3.05, 3.63) is 65.5 Å². The van der Waals surface area contributed by atoms with E-state index in [0.29, 0.717) is 31.3 Å². The Kier molecular flexibility index (Phi) is 7.40. The van der Waals surface area contributed by atoms with Gasteiger partial charge in [-0.25, -0.2) is 0 Å². The molecule has 0 spiro atoms. The molecule has 0 aliphatic carbocycles. The van der Waals surface area contributed by atoms with Gasteiger partial charge in [0.15, 0.2) is 0 Å². The highest BCUT2D eigenvalue weighted by molar-refractivity contribution is 5.79. The van der Waals surface area contributed by atoms with Crippen LogP contribution in [0.5, 0.6) is 5.75 Å². The second kappa shape index (κ2) is 10.6. The third-order valence-electron chi connectivity index (χ3n) is 5.72. The standard InChI is InChI=1S/C26H32N4O3/c1-18(2)32-23-11-5-8-20(14-23)15-27-26(31)22-10-6-12-30(16-22)17-24-28-25(29-33-24)21-9-4-7-19(3)13-21/h4-5,7-9,11,13-14,18,22H,6,10,12,15-17H2,1-3H3,(H,27,31). The minimum atomic E-state index is -0.0481. The van der Waals surface area contributed by atoms with Gasteiger partial charge < -0.3 is 14.6 Å². The number of hydrogen-bond donors (Lipinski definition) is 1. The fraction of sp³-hybridized carbons (Fsp3) is 0.423. The van der Waals surface area contributed by atoms with Crippen LogP contribution in [0.4, 0.5) is 0 Å². The molecule has 0 radical (unpaired) electrons. The van der Waals surface area contributed by atoms with Crippen LogP contribution >= 0.6 is 0 Å². The summed E-state index contributed by atoms with van der Waals surface area (Å²) in [6, 6.07) is 15.9. The van der Waals surface area contributed by atoms with Gasteiger partial charge >= 0.3 is 0 Å². The maximum Gasteiger partial charge on any atom is 0.241 e. The van der Waals surface area contributed by atoms with Crippen LogP contribution in [-0.2, 0) is 17.9 Å². The summed E-state index contributed by atoms with van der Waals surface area (Å²) in [4.78, 5) is 19.6. The molecule has 0 saturated carbocycles. The molecule has 1 aliphatic heterocycles. The molecule has 1 fully saturated rings. The smallest absolute Gasteiger partial charge is 0.241 e. The first kappa shape index (κ1) is 23.0. The number of ether oxygens (including phenoxy) is 1. The summed E-state index contributed by atoms with van der Waals surface area (Å²) in [5.41, 5.74) is 3.13. The van der Waals surface area contributed by atoms with E-state index in [1.54, 1.807) is 0 Å². The molecule has 3 aromatic rings. The monoisotopic (exact) mass is 448 g/mol. The summed E-state index contributed by atoms with van der Waals surface area (Å²) >= 11 is 0. The van der Waals surface area contributed by atoms with E-state index < -0.39 is 0 Å². The summed E-state index contributed by atoms with van der Waals surface area (Å²) in [5.74, 6) is 2.04. The summed E-state index contributed by atoms with van der Waals surface area (Å²) < 4.78 is 11.2. The predicted molar refractivity (Wildman–Crippen MR) is 127 cm³/mol. The summed E-state index contributed by atoms with van der Waals surface area (Å²) in [6.45, 7) is 8.69. The molecule has 1 amide bonds. The van der Waals surface area contributed by atoms with Crippen LogP contribution in [0.15, 0.2) is 53.1 Å². The number of carbonyl (C=O) groups is 1. The Balaban J connectivity index is 1.30. The maximum atomic E-state index is 12.8. The van der Waals surface area contributed by atoms with Gasteiger partial charge in [-0.2, -0.15) is 4.98 Å². The lowest BCUT2D eigenvalue weighted by Gasteiger charge is -2.30. The van der Waals surface area contributed by atoms with Gasteiger partial charge in [-0.3, -0.25) is 9.69 Å². The van der Waals surface area contributed by atoms with Crippen molar-refractivity contribution in [3.8, 4) is 17.1 Å². The normalized spacial score (nSPS) is 16.7. The molecule has 174 valence electrons. The van der Waals surface area contributed by atoms with Crippen molar-refractivity contribution in [2.24, 2.45) is 5.92 Å². The largest absolute Gasteiger partial charge is 0.491 e. The Morgan fingerprint density at radius 1 is 1.24 bits per heavy atom. The van der Waals surface area contributed by atoms with E-state index in [1.165, 1.54) is 0 Å². The van der Waals surface area contributed by atoms with Crippen molar-refractivity contribution in [2.75, 3.05) is 13.1 Å². The third-order valence-corrected chi connectivity index (χ3v) is 5.72. The Labute approximate surface area is 195 Å². The Hall–Kier alpha value is -3.19. The number of aryl methyl sites for hydroxylation is 1. The predicted octanol–water partition coefficient (Wildman–Crippen LogP) is 4.36. The van der Waals surface area contributed by atoms with Gasteiger partial charge in [0.2, 0.25) is 17.6 Å². The molecule has 0 bridgehead atoms. The Bertz CT molecular complexity index is 1080. The summed E-state index contributed by atoms with van der Waals surface area (Å²) in [7, 11) is 0. The number of carbonyl (C=O) groups excluding carboxylic acids is 1. The van der Waals surface area contributed by atoms with Gasteiger partial charge in [0, 0.05) is 18.7 Å². The van der Waals surface area contributed by atoms with Crippen LogP contribution < -0.4 is 10.1 Å².